The molecule has 0 atom stereocenters. The normalized spacial score (nSPS) is 10.9. The standard InChI is InChI=1S/C12H16N4O/c1-7(2)9-6-11(16-13)15-12(14-9)10-5-4-8(3)17-10/h4-7H,13H2,1-3H3,(H,14,15,16). The number of hydrogen-bond acceptors (Lipinski definition) is 5. The molecule has 0 aromatic carbocycles. The van der Waals surface area contributed by atoms with Crippen molar-refractivity contribution in [3.8, 4) is 11.6 Å². The van der Waals surface area contributed by atoms with Crippen molar-refractivity contribution in [1.29, 1.82) is 0 Å². The number of nitrogens with zero attached hydrogens (tertiary/aromatic N) is 2. The Bertz CT molecular complexity index is 519. The van der Waals surface area contributed by atoms with Gasteiger partial charge in [-0.05, 0) is 25.0 Å². The van der Waals surface area contributed by atoms with E-state index in [0.717, 1.165) is 11.5 Å². The minimum absolute atomic E-state index is 0.305. The molecular formula is C12H16N4O. The lowest BCUT2D eigenvalue weighted by molar-refractivity contribution is 0.543. The number of nitrogens with two attached hydrogens (primary N) is 1. The lowest BCUT2D eigenvalue weighted by Gasteiger charge is -2.08. The molecule has 2 aromatic heterocycles. The van der Waals surface area contributed by atoms with Gasteiger partial charge in [-0.15, -0.1) is 0 Å². The van der Waals surface area contributed by atoms with E-state index < -0.39 is 0 Å². The summed E-state index contributed by atoms with van der Waals surface area (Å²) in [6, 6.07) is 5.58. The van der Waals surface area contributed by atoms with Crippen LogP contribution in [0, 0.1) is 6.92 Å². The summed E-state index contributed by atoms with van der Waals surface area (Å²) in [5.41, 5.74) is 3.47. The maximum absolute atomic E-state index is 5.51. The minimum Gasteiger partial charge on any atom is -0.458 e. The number of nitrogens with one attached hydrogen (secondary N) is 1. The molecule has 17 heavy (non-hydrogen) atoms. The second kappa shape index (κ2) is 4.55. The molecule has 3 N–H and O–H groups in total. The van der Waals surface area contributed by atoms with Gasteiger partial charge < -0.3 is 9.84 Å². The largest absolute Gasteiger partial charge is 0.458 e. The fourth-order valence-electron chi connectivity index (χ4n) is 1.50. The number of hydrogen-bond donors (Lipinski definition) is 2. The van der Waals surface area contributed by atoms with E-state index in [9.17, 15) is 0 Å². The van der Waals surface area contributed by atoms with E-state index in [4.69, 9.17) is 10.3 Å². The highest BCUT2D eigenvalue weighted by atomic mass is 16.3. The molecule has 0 unspecified atom stereocenters. The van der Waals surface area contributed by atoms with Gasteiger partial charge in [0.15, 0.2) is 11.6 Å². The Morgan fingerprint density at radius 3 is 2.59 bits per heavy atom. The summed E-state index contributed by atoms with van der Waals surface area (Å²) in [5, 5.41) is 0. The first-order valence-corrected chi connectivity index (χ1v) is 5.52. The lowest BCUT2D eigenvalue weighted by Crippen LogP contribution is -2.10. The van der Waals surface area contributed by atoms with Crippen LogP contribution in [0.5, 0.6) is 0 Å². The van der Waals surface area contributed by atoms with Crippen LogP contribution in [0.4, 0.5) is 5.82 Å². The van der Waals surface area contributed by atoms with Gasteiger partial charge in [0.25, 0.3) is 0 Å². The molecule has 0 spiro atoms. The topological polar surface area (TPSA) is 77.0 Å². The van der Waals surface area contributed by atoms with E-state index in [1.807, 2.05) is 25.1 Å². The zero-order chi connectivity index (χ0) is 12.4. The van der Waals surface area contributed by atoms with Crippen molar-refractivity contribution >= 4 is 5.82 Å². The molecule has 2 aromatic rings. The van der Waals surface area contributed by atoms with Crippen molar-refractivity contribution < 1.29 is 4.42 Å². The highest BCUT2D eigenvalue weighted by Crippen LogP contribution is 2.22. The summed E-state index contributed by atoms with van der Waals surface area (Å²) in [7, 11) is 0. The highest BCUT2D eigenvalue weighted by Gasteiger charge is 2.11. The molecule has 0 aliphatic carbocycles. The third kappa shape index (κ3) is 2.45. The van der Waals surface area contributed by atoms with Crippen molar-refractivity contribution in [3.63, 3.8) is 0 Å². The van der Waals surface area contributed by atoms with Crippen molar-refractivity contribution in [2.45, 2.75) is 26.7 Å². The number of hydrazine groups is 1. The van der Waals surface area contributed by atoms with Crippen molar-refractivity contribution in [3.05, 3.63) is 29.7 Å². The summed E-state index contributed by atoms with van der Waals surface area (Å²) >= 11 is 0. The van der Waals surface area contributed by atoms with Crippen LogP contribution in [0.25, 0.3) is 11.6 Å². The highest BCUT2D eigenvalue weighted by molar-refractivity contribution is 5.51. The molecule has 0 saturated heterocycles. The fraction of sp³-hybridized carbons (Fsp3) is 0.333. The first-order chi connectivity index (χ1) is 8.10. The molecule has 90 valence electrons. The number of furan rings is 1. The minimum atomic E-state index is 0.305. The van der Waals surface area contributed by atoms with Crippen LogP contribution in [0.15, 0.2) is 22.6 Å². The zero-order valence-electron chi connectivity index (χ0n) is 10.2. The van der Waals surface area contributed by atoms with Gasteiger partial charge in [-0.25, -0.2) is 15.8 Å². The third-order valence-electron chi connectivity index (χ3n) is 2.45. The van der Waals surface area contributed by atoms with Crippen LogP contribution in [0.2, 0.25) is 0 Å². The van der Waals surface area contributed by atoms with E-state index in [-0.39, 0.29) is 0 Å². The summed E-state index contributed by atoms with van der Waals surface area (Å²) < 4.78 is 5.51. The van der Waals surface area contributed by atoms with Crippen LogP contribution >= 0.6 is 0 Å². The van der Waals surface area contributed by atoms with Gasteiger partial charge in [0, 0.05) is 11.8 Å². The quantitative estimate of drug-likeness (QED) is 0.628. The van der Waals surface area contributed by atoms with Crippen LogP contribution in [0.3, 0.4) is 0 Å². The molecule has 2 rings (SSSR count). The Labute approximate surface area is 100 Å². The average Bonchev–Trinajstić information content (AvgIpc) is 2.75. The molecular weight excluding hydrogens is 216 g/mol. The monoisotopic (exact) mass is 232 g/mol. The number of rotatable bonds is 3. The second-order valence-electron chi connectivity index (χ2n) is 4.21. The van der Waals surface area contributed by atoms with Gasteiger partial charge in [-0.1, -0.05) is 13.8 Å². The molecule has 5 nitrogen and oxygen atoms in total. The molecule has 0 aliphatic heterocycles. The number of nitrogen functional groups attached to an aromatic ring is 1. The molecule has 0 saturated carbocycles. The molecule has 0 aliphatic rings. The number of anilines is 1. The summed E-state index contributed by atoms with van der Waals surface area (Å²) in [4.78, 5) is 8.74. The third-order valence-corrected chi connectivity index (χ3v) is 2.45. The Hall–Kier alpha value is -1.88. The predicted molar refractivity (Wildman–Crippen MR) is 66.4 cm³/mol. The number of aromatic nitrogens is 2. The van der Waals surface area contributed by atoms with Gasteiger partial charge in [0.05, 0.1) is 0 Å². The maximum atomic E-state index is 5.51. The van der Waals surface area contributed by atoms with Crippen LogP contribution in [-0.2, 0) is 0 Å². The summed E-state index contributed by atoms with van der Waals surface area (Å²) in [6.07, 6.45) is 0. The molecule has 0 amide bonds. The first-order valence-electron chi connectivity index (χ1n) is 5.52. The van der Waals surface area contributed by atoms with E-state index in [1.165, 1.54) is 0 Å². The maximum Gasteiger partial charge on any atom is 0.197 e. The first kappa shape index (κ1) is 11.6. The van der Waals surface area contributed by atoms with E-state index in [0.29, 0.717) is 23.3 Å². The van der Waals surface area contributed by atoms with Crippen LogP contribution in [-0.4, -0.2) is 9.97 Å². The SMILES string of the molecule is Cc1ccc(-c2nc(NN)cc(C(C)C)n2)o1. The predicted octanol–water partition coefficient (Wildman–Crippen LogP) is 2.45. The Balaban J connectivity index is 2.49. The van der Waals surface area contributed by atoms with Crippen LogP contribution < -0.4 is 11.3 Å². The van der Waals surface area contributed by atoms with Crippen molar-refractivity contribution in [2.75, 3.05) is 5.43 Å². The van der Waals surface area contributed by atoms with Gasteiger partial charge >= 0.3 is 0 Å². The number of aryl methyl sites for hydroxylation is 1. The molecule has 5 heteroatoms. The zero-order valence-corrected chi connectivity index (χ0v) is 10.2. The summed E-state index contributed by atoms with van der Waals surface area (Å²) in [6.45, 7) is 6.03. The second-order valence-corrected chi connectivity index (χ2v) is 4.21. The van der Waals surface area contributed by atoms with Gasteiger partial charge in [-0.2, -0.15) is 0 Å². The van der Waals surface area contributed by atoms with Crippen molar-refractivity contribution in [1.82, 2.24) is 9.97 Å². The average molecular weight is 232 g/mol. The lowest BCUT2D eigenvalue weighted by atomic mass is 10.1. The Kier molecular flexibility index (Phi) is 3.10. The van der Waals surface area contributed by atoms with Crippen molar-refractivity contribution in [2.24, 2.45) is 5.84 Å². The van der Waals surface area contributed by atoms with Gasteiger partial charge in [0.2, 0.25) is 0 Å². The van der Waals surface area contributed by atoms with Gasteiger partial charge in [-0.3, -0.25) is 0 Å². The van der Waals surface area contributed by atoms with E-state index in [1.54, 1.807) is 0 Å². The Morgan fingerprint density at radius 2 is 2.06 bits per heavy atom. The molecule has 0 radical (unpaired) electrons. The smallest absolute Gasteiger partial charge is 0.197 e. The fourth-order valence-corrected chi connectivity index (χ4v) is 1.50. The van der Waals surface area contributed by atoms with E-state index in [2.05, 4.69) is 29.2 Å². The van der Waals surface area contributed by atoms with Crippen LogP contribution in [0.1, 0.15) is 31.2 Å². The molecule has 0 fully saturated rings. The van der Waals surface area contributed by atoms with E-state index >= 15 is 0 Å². The molecule has 0 bridgehead atoms. The Morgan fingerprint density at radius 1 is 1.29 bits per heavy atom. The van der Waals surface area contributed by atoms with Gasteiger partial charge in [0.1, 0.15) is 11.6 Å². The molecule has 2 heterocycles. The summed E-state index contributed by atoms with van der Waals surface area (Å²) in [5.74, 6) is 8.34.